The number of benzene rings is 3. The number of nitrogens with zero attached hydrogens (tertiary/aromatic N) is 3. The minimum absolute atomic E-state index is 0.202. The van der Waals surface area contributed by atoms with Crippen molar-refractivity contribution in [2.45, 2.75) is 13.2 Å². The molecule has 0 radical (unpaired) electrons. The van der Waals surface area contributed by atoms with E-state index in [0.717, 1.165) is 16.7 Å². The highest BCUT2D eigenvalue weighted by Gasteiger charge is 2.34. The second kappa shape index (κ2) is 14.4. The van der Waals surface area contributed by atoms with Crippen molar-refractivity contribution in [3.8, 4) is 23.0 Å². The van der Waals surface area contributed by atoms with Crippen LogP contribution in [0.5, 0.6) is 23.0 Å². The highest BCUT2D eigenvalue weighted by Crippen LogP contribution is 2.36. The lowest BCUT2D eigenvalue weighted by Gasteiger charge is -2.13. The molecule has 1 saturated heterocycles. The zero-order valence-corrected chi connectivity index (χ0v) is 26.3. The average molecular weight is 653 g/mol. The molecular weight excluding hydrogens is 625 g/mol. The summed E-state index contributed by atoms with van der Waals surface area (Å²) >= 11 is 13.5. The number of hydrogen-bond acceptors (Lipinski definition) is 9. The molecule has 1 fully saturated rings. The molecule has 1 aromatic heterocycles. The van der Waals surface area contributed by atoms with E-state index >= 15 is 0 Å². The van der Waals surface area contributed by atoms with Gasteiger partial charge in [-0.1, -0.05) is 35.3 Å². The van der Waals surface area contributed by atoms with E-state index in [1.54, 1.807) is 88.4 Å². The lowest BCUT2D eigenvalue weighted by molar-refractivity contribution is -0.122. The van der Waals surface area contributed by atoms with Crippen molar-refractivity contribution >= 4 is 58.3 Å². The van der Waals surface area contributed by atoms with Crippen LogP contribution in [-0.2, 0) is 17.9 Å². The van der Waals surface area contributed by atoms with E-state index in [0.29, 0.717) is 48.9 Å². The third-order valence-corrected chi connectivity index (χ3v) is 8.01. The third-order valence-electron chi connectivity index (χ3n) is 6.42. The number of rotatable bonds is 11. The van der Waals surface area contributed by atoms with Crippen molar-refractivity contribution in [1.82, 2.24) is 4.90 Å². The van der Waals surface area contributed by atoms with E-state index in [1.807, 2.05) is 18.2 Å². The molecule has 0 unspecified atom stereocenters. The maximum atomic E-state index is 13.4. The minimum Gasteiger partial charge on any atom is -0.493 e. The van der Waals surface area contributed by atoms with Gasteiger partial charge in [-0.3, -0.25) is 9.69 Å². The summed E-state index contributed by atoms with van der Waals surface area (Å²) in [4.78, 5) is 15.4. The Morgan fingerprint density at radius 3 is 2.34 bits per heavy atom. The van der Waals surface area contributed by atoms with Gasteiger partial charge in [0.25, 0.3) is 5.91 Å². The monoisotopic (exact) mass is 651 g/mol. The first-order chi connectivity index (χ1) is 21.4. The largest absolute Gasteiger partial charge is 0.493 e. The Kier molecular flexibility index (Phi) is 10.2. The molecule has 0 bridgehead atoms. The number of amides is 1. The van der Waals surface area contributed by atoms with Gasteiger partial charge in [-0.25, -0.2) is 0 Å². The molecule has 2 heterocycles. The van der Waals surface area contributed by atoms with Gasteiger partial charge in [-0.05, 0) is 83.6 Å². The van der Waals surface area contributed by atoms with E-state index in [4.69, 9.17) is 46.6 Å². The predicted molar refractivity (Wildman–Crippen MR) is 173 cm³/mol. The number of carbonyl (C=O) groups is 1. The highest BCUT2D eigenvalue weighted by molar-refractivity contribution is 8.18. The number of hydrogen-bond donors (Lipinski definition) is 0. The van der Waals surface area contributed by atoms with Crippen molar-refractivity contribution in [3.63, 3.8) is 0 Å². The number of furan rings is 1. The van der Waals surface area contributed by atoms with Crippen LogP contribution < -0.4 is 18.9 Å². The molecule has 4 aromatic rings. The van der Waals surface area contributed by atoms with Gasteiger partial charge in [0.15, 0.2) is 28.2 Å². The zero-order chi connectivity index (χ0) is 31.1. The van der Waals surface area contributed by atoms with E-state index < -0.39 is 0 Å². The number of amidine groups is 1. The summed E-state index contributed by atoms with van der Waals surface area (Å²) in [7, 11) is 4.68. The van der Waals surface area contributed by atoms with Crippen LogP contribution in [0.25, 0.3) is 6.08 Å². The van der Waals surface area contributed by atoms with Crippen molar-refractivity contribution in [2.75, 3.05) is 21.3 Å². The first-order valence-corrected chi connectivity index (χ1v) is 14.8. The molecule has 0 spiro atoms. The van der Waals surface area contributed by atoms with Crippen LogP contribution in [0.1, 0.15) is 22.5 Å². The summed E-state index contributed by atoms with van der Waals surface area (Å²) in [5.41, 5.74) is 2.28. The Labute approximate surface area is 268 Å². The normalized spacial score (nSPS) is 15.0. The van der Waals surface area contributed by atoms with Gasteiger partial charge in [0.05, 0.1) is 45.3 Å². The van der Waals surface area contributed by atoms with E-state index in [9.17, 15) is 4.79 Å². The second-order valence-corrected chi connectivity index (χ2v) is 11.1. The van der Waals surface area contributed by atoms with Crippen LogP contribution in [0, 0.1) is 0 Å². The fourth-order valence-electron chi connectivity index (χ4n) is 4.20. The molecule has 1 aliphatic heterocycles. The Morgan fingerprint density at radius 1 is 0.886 bits per heavy atom. The van der Waals surface area contributed by atoms with Crippen molar-refractivity contribution < 1.29 is 28.2 Å². The topological polar surface area (TPSA) is 95.1 Å². The Balaban J connectivity index is 1.35. The molecular formula is C32H27Cl2N3O6S. The van der Waals surface area contributed by atoms with Crippen LogP contribution in [0.3, 0.4) is 0 Å². The third kappa shape index (κ3) is 7.39. The SMILES string of the molecule is COc1ccc(/C=C2\S/C(=N\N=C\c3ccc(OCc4ccc(Cl)cc4Cl)c(OC)c3)N(Cc3ccco3)C2=O)cc1OC. The lowest BCUT2D eigenvalue weighted by Crippen LogP contribution is -2.28. The summed E-state index contributed by atoms with van der Waals surface area (Å²) in [5, 5.41) is 10.1. The summed E-state index contributed by atoms with van der Waals surface area (Å²) < 4.78 is 27.7. The van der Waals surface area contributed by atoms with Crippen molar-refractivity contribution in [3.05, 3.63) is 110 Å². The van der Waals surface area contributed by atoms with Crippen LogP contribution in [-0.4, -0.2) is 43.5 Å². The van der Waals surface area contributed by atoms with Crippen molar-refractivity contribution in [2.24, 2.45) is 10.2 Å². The number of ether oxygens (including phenoxy) is 4. The molecule has 0 atom stereocenters. The van der Waals surface area contributed by atoms with Gasteiger partial charge in [0, 0.05) is 15.6 Å². The maximum absolute atomic E-state index is 13.4. The van der Waals surface area contributed by atoms with Gasteiger partial charge < -0.3 is 23.4 Å². The number of carbonyl (C=O) groups excluding carboxylic acids is 1. The van der Waals surface area contributed by atoms with Gasteiger partial charge in [0.1, 0.15) is 12.4 Å². The summed E-state index contributed by atoms with van der Waals surface area (Å²) in [6.45, 7) is 0.442. The second-order valence-electron chi connectivity index (χ2n) is 9.26. The maximum Gasteiger partial charge on any atom is 0.267 e. The van der Waals surface area contributed by atoms with Gasteiger partial charge in [-0.2, -0.15) is 5.10 Å². The Hall–Kier alpha value is -4.38. The highest BCUT2D eigenvalue weighted by atomic mass is 35.5. The molecule has 12 heteroatoms. The number of thioether (sulfide) groups is 1. The fraction of sp³-hybridized carbons (Fsp3) is 0.156. The van der Waals surface area contributed by atoms with E-state index in [-0.39, 0.29) is 19.1 Å². The molecule has 1 aliphatic rings. The standard InChI is InChI=1S/C32H27Cl2N3O6S/c1-39-26-10-6-20(13-28(26)40-2)15-30-31(38)37(18-24-5-4-12-42-24)32(44-30)36-35-17-21-7-11-27(29(14-21)41-3)43-19-22-8-9-23(33)16-25(22)34/h4-17H,18-19H2,1-3H3/b30-15-,35-17+,36-32-. The Morgan fingerprint density at radius 2 is 1.61 bits per heavy atom. The predicted octanol–water partition coefficient (Wildman–Crippen LogP) is 7.70. The van der Waals surface area contributed by atoms with Crippen LogP contribution in [0.4, 0.5) is 0 Å². The quantitative estimate of drug-likeness (QED) is 0.0931. The van der Waals surface area contributed by atoms with Gasteiger partial charge in [-0.15, -0.1) is 5.10 Å². The van der Waals surface area contributed by atoms with Crippen LogP contribution in [0.15, 0.2) is 92.5 Å². The molecule has 0 saturated carbocycles. The molecule has 3 aromatic carbocycles. The van der Waals surface area contributed by atoms with Crippen LogP contribution in [0.2, 0.25) is 10.0 Å². The summed E-state index contributed by atoms with van der Waals surface area (Å²) in [5.74, 6) is 2.59. The van der Waals surface area contributed by atoms with Gasteiger partial charge >= 0.3 is 0 Å². The van der Waals surface area contributed by atoms with Crippen LogP contribution >= 0.6 is 35.0 Å². The summed E-state index contributed by atoms with van der Waals surface area (Å²) in [6, 6.07) is 19.6. The number of methoxy groups -OCH3 is 3. The van der Waals surface area contributed by atoms with E-state index in [2.05, 4.69) is 10.2 Å². The molecule has 0 N–H and O–H groups in total. The summed E-state index contributed by atoms with van der Waals surface area (Å²) in [6.07, 6.45) is 4.90. The molecule has 226 valence electrons. The first-order valence-electron chi connectivity index (χ1n) is 13.2. The van der Waals surface area contributed by atoms with E-state index in [1.165, 1.54) is 16.7 Å². The lowest BCUT2D eigenvalue weighted by atomic mass is 10.2. The first kappa shape index (κ1) is 31.1. The fourth-order valence-corrected chi connectivity index (χ4v) is 5.60. The molecule has 44 heavy (non-hydrogen) atoms. The van der Waals surface area contributed by atoms with Crippen molar-refractivity contribution in [1.29, 1.82) is 0 Å². The molecule has 1 amide bonds. The smallest absolute Gasteiger partial charge is 0.267 e. The minimum atomic E-state index is -0.223. The Bertz CT molecular complexity index is 1740. The zero-order valence-electron chi connectivity index (χ0n) is 24.0. The molecule has 0 aliphatic carbocycles. The van der Waals surface area contributed by atoms with Gasteiger partial charge in [0.2, 0.25) is 0 Å². The molecule has 9 nitrogen and oxygen atoms in total. The molecule has 5 rings (SSSR count). The number of halogens is 2. The average Bonchev–Trinajstić information content (AvgIpc) is 3.65.